The Morgan fingerprint density at radius 2 is 1.71 bits per heavy atom. The molecule has 128 valence electrons. The highest BCUT2D eigenvalue weighted by Crippen LogP contribution is 2.30. The zero-order valence-electron chi connectivity index (χ0n) is 13.7. The zero-order valence-corrected chi connectivity index (χ0v) is 13.7. The molecule has 0 radical (unpaired) electrons. The van der Waals surface area contributed by atoms with Gasteiger partial charge in [0.15, 0.2) is 11.6 Å². The van der Waals surface area contributed by atoms with Gasteiger partial charge in [0, 0.05) is 5.56 Å². The standard InChI is InChI=1S/C20H21F3O/c1-2-24-18-13-12-17(19(22)20(18)23)16-10-8-15(9-11-16)7-5-3-4-6-14-21/h4,6,8-13H,2-3,5,7,14H2,1H3/b6-4+. The molecule has 24 heavy (non-hydrogen) atoms. The highest BCUT2D eigenvalue weighted by molar-refractivity contribution is 5.65. The van der Waals surface area contributed by atoms with Crippen LogP contribution in [0.2, 0.25) is 0 Å². The minimum atomic E-state index is -0.960. The maximum Gasteiger partial charge on any atom is 0.201 e. The van der Waals surface area contributed by atoms with Crippen molar-refractivity contribution in [1.82, 2.24) is 0 Å². The summed E-state index contributed by atoms with van der Waals surface area (Å²) >= 11 is 0. The topological polar surface area (TPSA) is 9.23 Å². The fourth-order valence-corrected chi connectivity index (χ4v) is 2.48. The van der Waals surface area contributed by atoms with Gasteiger partial charge < -0.3 is 4.74 Å². The van der Waals surface area contributed by atoms with E-state index in [1.54, 1.807) is 19.1 Å². The average molecular weight is 334 g/mol. The SMILES string of the molecule is CCOc1ccc(-c2ccc(CCC/C=C/CF)cc2)c(F)c1F. The molecule has 2 aromatic carbocycles. The first-order valence-corrected chi connectivity index (χ1v) is 8.08. The first-order valence-electron chi connectivity index (χ1n) is 8.08. The Kier molecular flexibility index (Phi) is 6.91. The highest BCUT2D eigenvalue weighted by Gasteiger charge is 2.15. The van der Waals surface area contributed by atoms with Crippen LogP contribution in [0.15, 0.2) is 48.6 Å². The Balaban J connectivity index is 2.08. The summed E-state index contributed by atoms with van der Waals surface area (Å²) in [5.41, 5.74) is 1.95. The molecule has 0 heterocycles. The van der Waals surface area contributed by atoms with E-state index in [4.69, 9.17) is 4.74 Å². The van der Waals surface area contributed by atoms with Gasteiger partial charge in [-0.3, -0.25) is 0 Å². The smallest absolute Gasteiger partial charge is 0.201 e. The lowest BCUT2D eigenvalue weighted by Gasteiger charge is -2.10. The maximum absolute atomic E-state index is 14.2. The van der Waals surface area contributed by atoms with Crippen LogP contribution in [-0.4, -0.2) is 13.3 Å². The second kappa shape index (κ2) is 9.16. The minimum absolute atomic E-state index is 0.0725. The Morgan fingerprint density at radius 3 is 2.38 bits per heavy atom. The Bertz CT molecular complexity index is 678. The molecule has 0 atom stereocenters. The van der Waals surface area contributed by atoms with Gasteiger partial charge in [0.1, 0.15) is 6.67 Å². The van der Waals surface area contributed by atoms with Gasteiger partial charge in [-0.15, -0.1) is 0 Å². The van der Waals surface area contributed by atoms with Crippen LogP contribution in [0.5, 0.6) is 5.75 Å². The summed E-state index contributed by atoms with van der Waals surface area (Å²) in [6.07, 6.45) is 5.93. The van der Waals surface area contributed by atoms with Crippen molar-refractivity contribution >= 4 is 0 Å². The number of rotatable bonds is 8. The van der Waals surface area contributed by atoms with Crippen molar-refractivity contribution in [3.8, 4) is 16.9 Å². The van der Waals surface area contributed by atoms with E-state index in [1.807, 2.05) is 18.2 Å². The van der Waals surface area contributed by atoms with Crippen molar-refractivity contribution in [1.29, 1.82) is 0 Å². The van der Waals surface area contributed by atoms with E-state index in [-0.39, 0.29) is 17.9 Å². The molecule has 0 N–H and O–H groups in total. The van der Waals surface area contributed by atoms with Crippen molar-refractivity contribution in [3.05, 3.63) is 65.7 Å². The number of ether oxygens (including phenoxy) is 1. The number of hydrogen-bond acceptors (Lipinski definition) is 1. The van der Waals surface area contributed by atoms with Crippen LogP contribution < -0.4 is 4.74 Å². The van der Waals surface area contributed by atoms with Crippen LogP contribution in [0, 0.1) is 11.6 Å². The second-order valence-electron chi connectivity index (χ2n) is 5.39. The number of alkyl halides is 1. The van der Waals surface area contributed by atoms with E-state index in [0.717, 1.165) is 24.8 Å². The number of hydrogen-bond donors (Lipinski definition) is 0. The van der Waals surface area contributed by atoms with Gasteiger partial charge >= 0.3 is 0 Å². The number of aryl methyl sites for hydroxylation is 1. The van der Waals surface area contributed by atoms with E-state index >= 15 is 0 Å². The van der Waals surface area contributed by atoms with E-state index in [0.29, 0.717) is 5.56 Å². The van der Waals surface area contributed by atoms with Gasteiger partial charge in [-0.1, -0.05) is 36.4 Å². The molecule has 4 heteroatoms. The van der Waals surface area contributed by atoms with Crippen molar-refractivity contribution in [2.75, 3.05) is 13.3 Å². The summed E-state index contributed by atoms with van der Waals surface area (Å²) in [4.78, 5) is 0. The fourth-order valence-electron chi connectivity index (χ4n) is 2.48. The third-order valence-corrected chi connectivity index (χ3v) is 3.70. The average Bonchev–Trinajstić information content (AvgIpc) is 2.60. The third kappa shape index (κ3) is 4.63. The highest BCUT2D eigenvalue weighted by atomic mass is 19.2. The summed E-state index contributed by atoms with van der Waals surface area (Å²) in [6.45, 7) is 1.57. The Morgan fingerprint density at radius 1 is 0.958 bits per heavy atom. The summed E-state index contributed by atoms with van der Waals surface area (Å²) < 4.78 is 45.1. The molecule has 0 amide bonds. The molecule has 2 aromatic rings. The van der Waals surface area contributed by atoms with Crippen molar-refractivity contribution in [3.63, 3.8) is 0 Å². The van der Waals surface area contributed by atoms with E-state index in [1.165, 1.54) is 18.2 Å². The molecule has 0 spiro atoms. The molecule has 0 unspecified atom stereocenters. The molecular weight excluding hydrogens is 313 g/mol. The van der Waals surface area contributed by atoms with E-state index in [9.17, 15) is 13.2 Å². The van der Waals surface area contributed by atoms with E-state index in [2.05, 4.69) is 0 Å². The van der Waals surface area contributed by atoms with Crippen LogP contribution >= 0.6 is 0 Å². The predicted octanol–water partition coefficient (Wildman–Crippen LogP) is 5.88. The summed E-state index contributed by atoms with van der Waals surface area (Å²) in [5.74, 6) is -1.93. The lowest BCUT2D eigenvalue weighted by molar-refractivity contribution is 0.314. The third-order valence-electron chi connectivity index (χ3n) is 3.70. The molecule has 0 bridgehead atoms. The first-order chi connectivity index (χ1) is 11.7. The molecule has 0 saturated heterocycles. The fraction of sp³-hybridized carbons (Fsp3) is 0.300. The number of unbranched alkanes of at least 4 members (excludes halogenated alkanes) is 1. The zero-order chi connectivity index (χ0) is 17.4. The van der Waals surface area contributed by atoms with Crippen LogP contribution in [0.25, 0.3) is 11.1 Å². The van der Waals surface area contributed by atoms with Crippen LogP contribution in [0.4, 0.5) is 13.2 Å². The predicted molar refractivity (Wildman–Crippen MR) is 91.0 cm³/mol. The quantitative estimate of drug-likeness (QED) is 0.433. The van der Waals surface area contributed by atoms with Crippen molar-refractivity contribution in [2.45, 2.75) is 26.2 Å². The van der Waals surface area contributed by atoms with Gasteiger partial charge in [-0.2, -0.15) is 4.39 Å². The Hall–Kier alpha value is -2.23. The minimum Gasteiger partial charge on any atom is -0.491 e. The first kappa shape index (κ1) is 18.1. The molecule has 0 aliphatic heterocycles. The molecule has 0 aromatic heterocycles. The number of benzene rings is 2. The van der Waals surface area contributed by atoms with Gasteiger partial charge in [-0.25, -0.2) is 8.78 Å². The van der Waals surface area contributed by atoms with Gasteiger partial charge in [-0.05, 0) is 49.4 Å². The lowest BCUT2D eigenvalue weighted by atomic mass is 10.0. The van der Waals surface area contributed by atoms with Crippen LogP contribution in [-0.2, 0) is 6.42 Å². The molecule has 1 nitrogen and oxygen atoms in total. The molecule has 2 rings (SSSR count). The molecular formula is C20H21F3O. The Labute approximate surface area is 140 Å². The lowest BCUT2D eigenvalue weighted by Crippen LogP contribution is -1.98. The van der Waals surface area contributed by atoms with Crippen molar-refractivity contribution < 1.29 is 17.9 Å². The molecule has 0 aliphatic carbocycles. The maximum atomic E-state index is 14.2. The summed E-state index contributed by atoms with van der Waals surface area (Å²) in [5, 5.41) is 0. The molecule has 0 saturated carbocycles. The second-order valence-corrected chi connectivity index (χ2v) is 5.39. The van der Waals surface area contributed by atoms with E-state index < -0.39 is 18.3 Å². The molecule has 0 fully saturated rings. The van der Waals surface area contributed by atoms with Gasteiger partial charge in [0.25, 0.3) is 0 Å². The largest absolute Gasteiger partial charge is 0.491 e. The van der Waals surface area contributed by atoms with Crippen LogP contribution in [0.3, 0.4) is 0 Å². The monoisotopic (exact) mass is 334 g/mol. The van der Waals surface area contributed by atoms with Gasteiger partial charge in [0.05, 0.1) is 6.61 Å². The van der Waals surface area contributed by atoms with Crippen LogP contribution in [0.1, 0.15) is 25.3 Å². The normalized spacial score (nSPS) is 11.2. The summed E-state index contributed by atoms with van der Waals surface area (Å²) in [6, 6.07) is 10.3. The molecule has 0 aliphatic rings. The van der Waals surface area contributed by atoms with Crippen molar-refractivity contribution in [2.24, 2.45) is 0 Å². The number of allylic oxidation sites excluding steroid dienone is 2. The number of halogens is 3. The summed E-state index contributed by atoms with van der Waals surface area (Å²) in [7, 11) is 0. The van der Waals surface area contributed by atoms with Gasteiger partial charge in [0.2, 0.25) is 5.82 Å².